The van der Waals surface area contributed by atoms with E-state index < -0.39 is 6.36 Å². The fraction of sp³-hybridized carbons (Fsp3) is 0.273. The number of alkyl halides is 4. The molecule has 0 aliphatic heterocycles. The molecule has 0 atom stereocenters. The first-order chi connectivity index (χ1) is 7.92. The second kappa shape index (κ2) is 6.44. The fourth-order valence-corrected chi connectivity index (χ4v) is 1.74. The minimum Gasteiger partial charge on any atom is -0.405 e. The van der Waals surface area contributed by atoms with Crippen LogP contribution in [0.2, 0.25) is 0 Å². The monoisotopic (exact) mass is 372 g/mol. The predicted molar refractivity (Wildman–Crippen MR) is 68.3 cm³/mol. The maximum atomic E-state index is 12.2. The van der Waals surface area contributed by atoms with E-state index in [0.29, 0.717) is 10.0 Å². The van der Waals surface area contributed by atoms with Crippen LogP contribution in [0.1, 0.15) is 12.0 Å². The maximum Gasteiger partial charge on any atom is 0.573 e. The average Bonchev–Trinajstić information content (AvgIpc) is 2.19. The molecule has 17 heavy (non-hydrogen) atoms. The third-order valence-electron chi connectivity index (χ3n) is 1.77. The molecule has 0 amide bonds. The lowest BCUT2D eigenvalue weighted by molar-refractivity contribution is -0.274. The number of hydrogen-bond donors (Lipinski definition) is 0. The van der Waals surface area contributed by atoms with Crippen molar-refractivity contribution < 1.29 is 17.9 Å². The molecular weight excluding hydrogens is 365 g/mol. The van der Waals surface area contributed by atoms with Crippen molar-refractivity contribution in [3.8, 4) is 5.75 Å². The third kappa shape index (κ3) is 5.59. The summed E-state index contributed by atoms with van der Waals surface area (Å²) in [5, 5.41) is 0.759. The largest absolute Gasteiger partial charge is 0.573 e. The van der Waals surface area contributed by atoms with Gasteiger partial charge in [-0.25, -0.2) is 0 Å². The van der Waals surface area contributed by atoms with E-state index in [0.717, 1.165) is 11.8 Å². The number of rotatable bonds is 4. The normalized spacial score (nSPS) is 12.1. The van der Waals surface area contributed by atoms with E-state index in [4.69, 9.17) is 0 Å². The SMILES string of the molecule is FC(F)(F)Oc1cc(Br)ccc1C=CCCBr. The van der Waals surface area contributed by atoms with Crippen molar-refractivity contribution >= 4 is 37.9 Å². The molecule has 0 saturated heterocycles. The summed E-state index contributed by atoms with van der Waals surface area (Å²) in [6, 6.07) is 4.52. The van der Waals surface area contributed by atoms with Gasteiger partial charge < -0.3 is 4.74 Å². The van der Waals surface area contributed by atoms with Gasteiger partial charge in [0.25, 0.3) is 0 Å². The lowest BCUT2D eigenvalue weighted by Gasteiger charge is -2.11. The zero-order chi connectivity index (χ0) is 12.9. The zero-order valence-electron chi connectivity index (χ0n) is 8.60. The van der Waals surface area contributed by atoms with Crippen LogP contribution < -0.4 is 4.74 Å². The van der Waals surface area contributed by atoms with Gasteiger partial charge in [-0.05, 0) is 18.6 Å². The van der Waals surface area contributed by atoms with Gasteiger partial charge in [-0.1, -0.05) is 50.1 Å². The molecule has 0 aromatic heterocycles. The van der Waals surface area contributed by atoms with E-state index in [1.54, 1.807) is 24.3 Å². The van der Waals surface area contributed by atoms with Crippen LogP contribution in [-0.4, -0.2) is 11.7 Å². The van der Waals surface area contributed by atoms with Crippen LogP contribution in [0, 0.1) is 0 Å². The maximum absolute atomic E-state index is 12.2. The summed E-state index contributed by atoms with van der Waals surface area (Å²) >= 11 is 6.34. The van der Waals surface area contributed by atoms with Crippen molar-refractivity contribution in [2.24, 2.45) is 0 Å². The molecule has 1 rings (SSSR count). The van der Waals surface area contributed by atoms with Crippen molar-refractivity contribution in [2.45, 2.75) is 12.8 Å². The standard InChI is InChI=1S/C11H9Br2F3O/c12-6-2-1-3-8-4-5-9(13)7-10(8)17-11(14,15)16/h1,3-5,7H,2,6H2. The van der Waals surface area contributed by atoms with Crippen molar-refractivity contribution in [3.63, 3.8) is 0 Å². The highest BCUT2D eigenvalue weighted by Crippen LogP contribution is 2.30. The molecule has 94 valence electrons. The Hall–Kier alpha value is -0.490. The summed E-state index contributed by atoms with van der Waals surface area (Å²) in [6.07, 6.45) is -0.559. The van der Waals surface area contributed by atoms with E-state index in [2.05, 4.69) is 36.6 Å². The van der Waals surface area contributed by atoms with E-state index in [1.807, 2.05) is 0 Å². The Morgan fingerprint density at radius 3 is 2.59 bits per heavy atom. The quantitative estimate of drug-likeness (QED) is 0.663. The van der Waals surface area contributed by atoms with Crippen molar-refractivity contribution in [1.82, 2.24) is 0 Å². The lowest BCUT2D eigenvalue weighted by Crippen LogP contribution is -2.17. The molecule has 0 N–H and O–H groups in total. The van der Waals surface area contributed by atoms with Crippen LogP contribution in [0.3, 0.4) is 0 Å². The second-order valence-corrected chi connectivity index (χ2v) is 4.82. The van der Waals surface area contributed by atoms with Gasteiger partial charge in [0.2, 0.25) is 0 Å². The molecule has 0 aliphatic carbocycles. The van der Waals surface area contributed by atoms with Gasteiger partial charge in [0, 0.05) is 15.4 Å². The van der Waals surface area contributed by atoms with Gasteiger partial charge in [0.05, 0.1) is 0 Å². The molecule has 0 bridgehead atoms. The molecule has 1 aromatic carbocycles. The van der Waals surface area contributed by atoms with Gasteiger partial charge in [0.1, 0.15) is 5.75 Å². The first kappa shape index (κ1) is 14.6. The van der Waals surface area contributed by atoms with Crippen LogP contribution in [0.5, 0.6) is 5.75 Å². The molecule has 1 aromatic rings. The Labute approximate surface area is 114 Å². The molecule has 0 saturated carbocycles. The summed E-state index contributed by atoms with van der Waals surface area (Å²) in [7, 11) is 0. The lowest BCUT2D eigenvalue weighted by atomic mass is 10.2. The smallest absolute Gasteiger partial charge is 0.405 e. The predicted octanol–water partition coefficient (Wildman–Crippen LogP) is 5.15. The minimum absolute atomic E-state index is 0.210. The van der Waals surface area contributed by atoms with E-state index in [9.17, 15) is 13.2 Å². The number of halogens is 5. The number of allylic oxidation sites excluding steroid dienone is 1. The zero-order valence-corrected chi connectivity index (χ0v) is 11.8. The molecule has 0 unspecified atom stereocenters. The molecule has 0 spiro atoms. The van der Waals surface area contributed by atoms with Gasteiger partial charge in [0.15, 0.2) is 0 Å². The highest BCUT2D eigenvalue weighted by molar-refractivity contribution is 9.10. The summed E-state index contributed by atoms with van der Waals surface area (Å²) in [5.74, 6) is -0.210. The molecule has 1 nitrogen and oxygen atoms in total. The Bertz CT molecular complexity index is 402. The molecule has 0 heterocycles. The Kier molecular flexibility index (Phi) is 5.52. The van der Waals surface area contributed by atoms with Crippen LogP contribution in [0.15, 0.2) is 28.7 Å². The first-order valence-corrected chi connectivity index (χ1v) is 6.61. The Morgan fingerprint density at radius 1 is 1.29 bits per heavy atom. The number of ether oxygens (including phenoxy) is 1. The molecule has 0 aliphatic rings. The molecule has 6 heteroatoms. The van der Waals surface area contributed by atoms with Gasteiger partial charge in [-0.2, -0.15) is 0 Å². The summed E-state index contributed by atoms with van der Waals surface area (Å²) in [6.45, 7) is 0. The first-order valence-electron chi connectivity index (χ1n) is 4.70. The second-order valence-electron chi connectivity index (χ2n) is 3.11. The van der Waals surface area contributed by atoms with Crippen molar-refractivity contribution in [1.29, 1.82) is 0 Å². The van der Waals surface area contributed by atoms with Crippen LogP contribution in [0.25, 0.3) is 6.08 Å². The number of hydrogen-bond acceptors (Lipinski definition) is 1. The summed E-state index contributed by atoms with van der Waals surface area (Å²) in [4.78, 5) is 0. The number of benzene rings is 1. The van der Waals surface area contributed by atoms with E-state index in [-0.39, 0.29) is 5.75 Å². The van der Waals surface area contributed by atoms with Crippen LogP contribution in [-0.2, 0) is 0 Å². The molecular formula is C11H9Br2F3O. The van der Waals surface area contributed by atoms with Crippen molar-refractivity contribution in [3.05, 3.63) is 34.3 Å². The highest BCUT2D eigenvalue weighted by Gasteiger charge is 2.31. The van der Waals surface area contributed by atoms with Crippen LogP contribution >= 0.6 is 31.9 Å². The van der Waals surface area contributed by atoms with Crippen molar-refractivity contribution in [2.75, 3.05) is 5.33 Å². The van der Waals surface area contributed by atoms with Gasteiger partial charge in [-0.15, -0.1) is 13.2 Å². The summed E-state index contributed by atoms with van der Waals surface area (Å²) < 4.78 is 41.0. The van der Waals surface area contributed by atoms with E-state index in [1.165, 1.54) is 6.07 Å². The fourth-order valence-electron chi connectivity index (χ4n) is 1.13. The van der Waals surface area contributed by atoms with Crippen LogP contribution in [0.4, 0.5) is 13.2 Å². The topological polar surface area (TPSA) is 9.23 Å². The molecule has 0 fully saturated rings. The molecule has 0 radical (unpaired) electrons. The third-order valence-corrected chi connectivity index (χ3v) is 2.73. The van der Waals surface area contributed by atoms with E-state index >= 15 is 0 Å². The summed E-state index contributed by atoms with van der Waals surface area (Å²) in [5.41, 5.74) is 0.395. The Morgan fingerprint density at radius 2 is 2.00 bits per heavy atom. The van der Waals surface area contributed by atoms with Gasteiger partial charge in [-0.3, -0.25) is 0 Å². The Balaban J connectivity index is 2.95. The van der Waals surface area contributed by atoms with Gasteiger partial charge >= 0.3 is 6.36 Å². The average molecular weight is 374 g/mol. The minimum atomic E-state index is -4.68. The highest BCUT2D eigenvalue weighted by atomic mass is 79.9.